The fourth-order valence-electron chi connectivity index (χ4n) is 6.68. The van der Waals surface area contributed by atoms with Crippen molar-refractivity contribution in [1.82, 2.24) is 0 Å². The molecule has 0 heterocycles. The van der Waals surface area contributed by atoms with Crippen LogP contribution in [0.5, 0.6) is 0 Å². The van der Waals surface area contributed by atoms with Crippen LogP contribution in [0.3, 0.4) is 0 Å². The van der Waals surface area contributed by atoms with Crippen molar-refractivity contribution < 1.29 is 13.2 Å². The van der Waals surface area contributed by atoms with Crippen molar-refractivity contribution in [2.75, 3.05) is 0 Å². The van der Waals surface area contributed by atoms with Gasteiger partial charge in [0.1, 0.15) is 0 Å². The van der Waals surface area contributed by atoms with Gasteiger partial charge < -0.3 is 0 Å². The first kappa shape index (κ1) is 18.4. The van der Waals surface area contributed by atoms with Crippen LogP contribution in [-0.4, -0.2) is 0 Å². The highest BCUT2D eigenvalue weighted by atomic mass is 19.2. The second-order valence-electron chi connectivity index (χ2n) is 9.20. The molecule has 0 radical (unpaired) electrons. The lowest BCUT2D eigenvalue weighted by Gasteiger charge is -2.51. The van der Waals surface area contributed by atoms with Gasteiger partial charge in [0.25, 0.3) is 0 Å². The molecule has 1 aromatic carbocycles. The molecule has 3 fully saturated rings. The monoisotopic (exact) mass is 364 g/mol. The summed E-state index contributed by atoms with van der Waals surface area (Å²) in [7, 11) is 0. The fourth-order valence-corrected chi connectivity index (χ4v) is 6.68. The average molecular weight is 364 g/mol. The molecule has 0 N–H and O–H groups in total. The van der Waals surface area contributed by atoms with Crippen molar-refractivity contribution in [3.8, 4) is 0 Å². The van der Waals surface area contributed by atoms with Gasteiger partial charge in [-0.2, -0.15) is 0 Å². The van der Waals surface area contributed by atoms with E-state index in [1.165, 1.54) is 63.5 Å². The summed E-state index contributed by atoms with van der Waals surface area (Å²) in [6.45, 7) is 2.30. The van der Waals surface area contributed by atoms with Crippen molar-refractivity contribution >= 4 is 0 Å². The number of halogens is 3. The molecule has 6 atom stereocenters. The van der Waals surface area contributed by atoms with E-state index in [2.05, 4.69) is 6.92 Å². The molecule has 0 aromatic heterocycles. The lowest BCUT2D eigenvalue weighted by molar-refractivity contribution is 0.00538. The molecule has 26 heavy (non-hydrogen) atoms. The van der Waals surface area contributed by atoms with Gasteiger partial charge in [0, 0.05) is 0 Å². The lowest BCUT2D eigenvalue weighted by atomic mass is 9.55. The summed E-state index contributed by atoms with van der Waals surface area (Å²) in [6, 6.07) is 2.45. The van der Waals surface area contributed by atoms with E-state index in [-0.39, 0.29) is 5.92 Å². The smallest absolute Gasteiger partial charge is 0.194 e. The topological polar surface area (TPSA) is 0 Å². The Morgan fingerprint density at radius 3 is 2.08 bits per heavy atom. The maximum absolute atomic E-state index is 13.6. The van der Waals surface area contributed by atoms with Crippen molar-refractivity contribution in [3.63, 3.8) is 0 Å². The fraction of sp³-hybridized carbons (Fsp3) is 0.739. The van der Waals surface area contributed by atoms with Gasteiger partial charge in [-0.3, -0.25) is 0 Å². The summed E-state index contributed by atoms with van der Waals surface area (Å²) in [5.41, 5.74) is 0.661. The number of benzene rings is 1. The van der Waals surface area contributed by atoms with E-state index < -0.39 is 17.5 Å². The van der Waals surface area contributed by atoms with Crippen LogP contribution in [0.15, 0.2) is 12.1 Å². The Balaban J connectivity index is 1.44. The molecular formula is C23H31F3. The van der Waals surface area contributed by atoms with E-state index in [4.69, 9.17) is 0 Å². The zero-order valence-corrected chi connectivity index (χ0v) is 15.8. The largest absolute Gasteiger partial charge is 0.204 e. The maximum Gasteiger partial charge on any atom is 0.194 e. The van der Waals surface area contributed by atoms with E-state index >= 15 is 0 Å². The Morgan fingerprint density at radius 2 is 1.42 bits per heavy atom. The van der Waals surface area contributed by atoms with Crippen molar-refractivity contribution in [1.29, 1.82) is 0 Å². The van der Waals surface area contributed by atoms with E-state index in [1.807, 2.05) is 0 Å². The number of hydrogen-bond acceptors (Lipinski definition) is 0. The van der Waals surface area contributed by atoms with Crippen LogP contribution >= 0.6 is 0 Å². The summed E-state index contributed by atoms with van der Waals surface area (Å²) in [5, 5.41) is 0. The third-order valence-electron chi connectivity index (χ3n) is 7.82. The second-order valence-corrected chi connectivity index (χ2v) is 9.20. The summed E-state index contributed by atoms with van der Waals surface area (Å²) in [4.78, 5) is 0. The molecule has 3 aliphatic carbocycles. The predicted molar refractivity (Wildman–Crippen MR) is 98.4 cm³/mol. The van der Waals surface area contributed by atoms with Gasteiger partial charge in [0.2, 0.25) is 0 Å². The predicted octanol–water partition coefficient (Wildman–Crippen LogP) is 7.23. The molecule has 3 aliphatic rings. The zero-order chi connectivity index (χ0) is 18.3. The summed E-state index contributed by atoms with van der Waals surface area (Å²) < 4.78 is 40.5. The van der Waals surface area contributed by atoms with Crippen molar-refractivity contribution in [2.24, 2.45) is 29.6 Å². The minimum absolute atomic E-state index is 0.189. The van der Waals surface area contributed by atoms with Crippen LogP contribution < -0.4 is 0 Å². The van der Waals surface area contributed by atoms with Crippen LogP contribution in [0.4, 0.5) is 13.2 Å². The quantitative estimate of drug-likeness (QED) is 0.496. The van der Waals surface area contributed by atoms with E-state index in [0.717, 1.165) is 36.5 Å². The first-order valence-electron chi connectivity index (χ1n) is 10.7. The highest BCUT2D eigenvalue weighted by molar-refractivity contribution is 5.24. The van der Waals surface area contributed by atoms with Gasteiger partial charge in [-0.25, -0.2) is 13.2 Å². The van der Waals surface area contributed by atoms with Gasteiger partial charge >= 0.3 is 0 Å². The minimum Gasteiger partial charge on any atom is -0.204 e. The molecule has 1 aromatic rings. The molecule has 144 valence electrons. The molecule has 1 unspecified atom stereocenters. The summed E-state index contributed by atoms with van der Waals surface area (Å²) in [5.74, 6) is 1.00. The zero-order valence-electron chi connectivity index (χ0n) is 15.8. The molecule has 0 nitrogen and oxygen atoms in total. The van der Waals surface area contributed by atoms with Gasteiger partial charge in [-0.05, 0) is 98.1 Å². The normalized spacial score (nSPS) is 37.1. The molecule has 3 saturated carbocycles. The molecule has 4 rings (SSSR count). The van der Waals surface area contributed by atoms with Crippen molar-refractivity contribution in [2.45, 2.75) is 77.0 Å². The second kappa shape index (κ2) is 7.56. The SMILES string of the molecule is CCC[C@@H]1CC[C@H]2[C@H](CC[C@H]3CC(c4cc(F)c(F)c(F)c4)CC[C@@H]32)C1. The Labute approximate surface area is 155 Å². The maximum atomic E-state index is 13.6. The molecular weight excluding hydrogens is 333 g/mol. The van der Waals surface area contributed by atoms with Crippen LogP contribution in [0.1, 0.15) is 82.6 Å². The first-order valence-corrected chi connectivity index (χ1v) is 10.7. The van der Waals surface area contributed by atoms with E-state index in [1.54, 1.807) is 0 Å². The Hall–Kier alpha value is -0.990. The molecule has 0 saturated heterocycles. The third kappa shape index (κ3) is 3.43. The molecule has 0 aliphatic heterocycles. The van der Waals surface area contributed by atoms with Gasteiger partial charge in [0.15, 0.2) is 17.5 Å². The van der Waals surface area contributed by atoms with Crippen LogP contribution in [0, 0.1) is 47.0 Å². The molecule has 0 spiro atoms. The van der Waals surface area contributed by atoms with E-state index in [0.29, 0.717) is 11.5 Å². The standard InChI is InChI=1S/C23H31F3/c1-2-3-14-4-8-19-16(10-14)5-6-17-11-15(7-9-20(17)19)18-12-21(24)23(26)22(25)13-18/h12-17,19-20H,2-11H2,1H3/t14-,15?,16-,17+,19+,20+/m1/s1. The molecule has 0 bridgehead atoms. The highest BCUT2D eigenvalue weighted by Gasteiger charge is 2.44. The number of rotatable bonds is 3. The third-order valence-corrected chi connectivity index (χ3v) is 7.82. The van der Waals surface area contributed by atoms with E-state index in [9.17, 15) is 13.2 Å². The number of hydrogen-bond donors (Lipinski definition) is 0. The summed E-state index contributed by atoms with van der Waals surface area (Å²) >= 11 is 0. The first-order chi connectivity index (χ1) is 12.6. The van der Waals surface area contributed by atoms with Gasteiger partial charge in [-0.1, -0.05) is 26.2 Å². The highest BCUT2D eigenvalue weighted by Crippen LogP contribution is 2.55. The molecule has 3 heteroatoms. The van der Waals surface area contributed by atoms with Crippen LogP contribution in [-0.2, 0) is 0 Å². The van der Waals surface area contributed by atoms with Gasteiger partial charge in [0.05, 0.1) is 0 Å². The average Bonchev–Trinajstić information content (AvgIpc) is 2.65. The van der Waals surface area contributed by atoms with Crippen LogP contribution in [0.25, 0.3) is 0 Å². The van der Waals surface area contributed by atoms with Crippen molar-refractivity contribution in [3.05, 3.63) is 35.1 Å². The Kier molecular flexibility index (Phi) is 5.34. The van der Waals surface area contributed by atoms with Gasteiger partial charge in [-0.15, -0.1) is 0 Å². The number of fused-ring (bicyclic) bond motifs is 3. The summed E-state index contributed by atoms with van der Waals surface area (Å²) in [6.07, 6.45) is 12.7. The minimum atomic E-state index is -1.34. The Morgan fingerprint density at radius 1 is 0.808 bits per heavy atom. The van der Waals surface area contributed by atoms with Crippen LogP contribution in [0.2, 0.25) is 0 Å². The molecule has 0 amide bonds. The lowest BCUT2D eigenvalue weighted by Crippen LogP contribution is -2.41. The Bertz CT molecular complexity index is 617.